The van der Waals surface area contributed by atoms with Gasteiger partial charge in [0.15, 0.2) is 0 Å². The lowest BCUT2D eigenvalue weighted by atomic mass is 9.88. The minimum Gasteiger partial charge on any atom is -0.369 e. The number of aromatic amines is 1. The van der Waals surface area contributed by atoms with E-state index in [1.165, 1.54) is 48.1 Å². The fourth-order valence-electron chi connectivity index (χ4n) is 5.67. The van der Waals surface area contributed by atoms with Crippen molar-refractivity contribution in [2.75, 3.05) is 25.5 Å². The first-order valence-electron chi connectivity index (χ1n) is 13.2. The van der Waals surface area contributed by atoms with E-state index in [0.717, 1.165) is 48.8 Å². The van der Waals surface area contributed by atoms with Crippen molar-refractivity contribution in [3.63, 3.8) is 0 Å². The molecule has 1 aromatic heterocycles. The summed E-state index contributed by atoms with van der Waals surface area (Å²) in [4.78, 5) is 20.4. The van der Waals surface area contributed by atoms with Crippen molar-refractivity contribution in [3.05, 3.63) is 62.1 Å². The van der Waals surface area contributed by atoms with Crippen LogP contribution in [0.2, 0.25) is 0 Å². The summed E-state index contributed by atoms with van der Waals surface area (Å²) >= 11 is 0. The molecule has 1 saturated carbocycles. The van der Waals surface area contributed by atoms with Crippen molar-refractivity contribution in [3.8, 4) is 0 Å². The van der Waals surface area contributed by atoms with Gasteiger partial charge in [-0.25, -0.2) is 0 Å². The van der Waals surface area contributed by atoms with Crippen LogP contribution >= 0.6 is 0 Å². The molecule has 1 aromatic carbocycles. The second-order valence-electron chi connectivity index (χ2n) is 10.4. The molecule has 2 N–H and O–H groups in total. The summed E-state index contributed by atoms with van der Waals surface area (Å²) in [5.41, 5.74) is 8.37. The highest BCUT2D eigenvalue weighted by Crippen LogP contribution is 2.33. The van der Waals surface area contributed by atoms with Crippen LogP contribution in [0.5, 0.6) is 0 Å². The van der Waals surface area contributed by atoms with Crippen molar-refractivity contribution in [1.82, 2.24) is 15.2 Å². The molecular formula is C29H46N4O. The fraction of sp³-hybridized carbons (Fsp3) is 0.621. The first-order chi connectivity index (χ1) is 16.2. The Hall–Kier alpha value is -2.11. The second-order valence-corrected chi connectivity index (χ2v) is 10.4. The summed E-state index contributed by atoms with van der Waals surface area (Å²) in [5, 5.41) is 3.57. The second kappa shape index (κ2) is 12.0. The van der Waals surface area contributed by atoms with Crippen molar-refractivity contribution in [2.24, 2.45) is 0 Å². The molecule has 1 heterocycles. The third-order valence-corrected chi connectivity index (χ3v) is 7.68. The predicted molar refractivity (Wildman–Crippen MR) is 145 cm³/mol. The molecule has 0 radical (unpaired) electrons. The minimum absolute atomic E-state index is 0.0210. The highest BCUT2D eigenvalue weighted by molar-refractivity contribution is 5.59. The van der Waals surface area contributed by atoms with Gasteiger partial charge in [0, 0.05) is 48.7 Å². The molecule has 1 aliphatic carbocycles. The number of anilines is 1. The number of nitrogens with one attached hydrogen (secondary N) is 2. The van der Waals surface area contributed by atoms with E-state index in [1.807, 2.05) is 19.9 Å². The van der Waals surface area contributed by atoms with Crippen LogP contribution in [0.1, 0.15) is 79.5 Å². The average molecular weight is 467 g/mol. The lowest BCUT2D eigenvalue weighted by molar-refractivity contribution is 0.214. The Kier molecular flexibility index (Phi) is 9.38. The Balaban J connectivity index is 1.81. The number of pyridine rings is 1. The van der Waals surface area contributed by atoms with Gasteiger partial charge < -0.3 is 20.1 Å². The summed E-state index contributed by atoms with van der Waals surface area (Å²) in [6.45, 7) is 13.2. The third kappa shape index (κ3) is 6.31. The molecule has 0 bridgehead atoms. The number of aromatic nitrogens is 1. The van der Waals surface area contributed by atoms with Gasteiger partial charge in [-0.05, 0) is 108 Å². The van der Waals surface area contributed by atoms with Crippen molar-refractivity contribution in [2.45, 2.75) is 98.3 Å². The Labute approximate surface area is 207 Å². The summed E-state index contributed by atoms with van der Waals surface area (Å²) in [5.74, 6) is 0. The Bertz CT molecular complexity index is 1000. The summed E-state index contributed by atoms with van der Waals surface area (Å²) in [7, 11) is 4.43. The zero-order valence-corrected chi connectivity index (χ0v) is 22.6. The average Bonchev–Trinajstić information content (AvgIpc) is 2.79. The molecular weight excluding hydrogens is 420 g/mol. The van der Waals surface area contributed by atoms with Gasteiger partial charge in [0.2, 0.25) is 0 Å². The molecule has 2 aromatic rings. The van der Waals surface area contributed by atoms with Crippen LogP contribution < -0.4 is 15.8 Å². The van der Waals surface area contributed by atoms with Crippen LogP contribution in [0.3, 0.4) is 0 Å². The molecule has 0 unspecified atom stereocenters. The highest BCUT2D eigenvalue weighted by Gasteiger charge is 2.27. The number of aryl methyl sites for hydroxylation is 3. The quantitative estimate of drug-likeness (QED) is 0.503. The summed E-state index contributed by atoms with van der Waals surface area (Å²) in [6, 6.07) is 8.20. The van der Waals surface area contributed by atoms with Crippen molar-refractivity contribution < 1.29 is 0 Å². The molecule has 34 heavy (non-hydrogen) atoms. The van der Waals surface area contributed by atoms with E-state index < -0.39 is 0 Å². The normalized spacial score (nSPS) is 18.5. The molecule has 0 aliphatic heterocycles. The number of nitrogens with zero attached hydrogens (tertiary/aromatic N) is 2. The smallest absolute Gasteiger partial charge is 0.252 e. The third-order valence-electron chi connectivity index (χ3n) is 7.68. The number of hydrogen-bond donors (Lipinski definition) is 2. The molecule has 1 fully saturated rings. The molecule has 3 rings (SSSR count). The van der Waals surface area contributed by atoms with Crippen LogP contribution in [0.4, 0.5) is 5.69 Å². The molecule has 188 valence electrons. The van der Waals surface area contributed by atoms with Crippen molar-refractivity contribution in [1.29, 1.82) is 0 Å². The standard InChI is InChI=1S/C29H46N4O/c1-8-10-23-16-24(18-30-19-27-20(3)15-21(4)31-29(27)34)22(5)28(17-23)33(9-2)26-13-11-25(12-14-26)32(6)7/h15-17,25-26,30H,8-14,18-19H2,1-7H3,(H,31,34). The Morgan fingerprint density at radius 1 is 0.971 bits per heavy atom. The fourth-order valence-corrected chi connectivity index (χ4v) is 5.67. The van der Waals surface area contributed by atoms with Crippen LogP contribution in [0.25, 0.3) is 0 Å². The van der Waals surface area contributed by atoms with E-state index in [4.69, 9.17) is 0 Å². The van der Waals surface area contributed by atoms with Gasteiger partial charge in [-0.3, -0.25) is 4.79 Å². The van der Waals surface area contributed by atoms with E-state index in [9.17, 15) is 4.79 Å². The molecule has 5 heteroatoms. The zero-order valence-electron chi connectivity index (χ0n) is 22.6. The lowest BCUT2D eigenvalue weighted by Gasteiger charge is -2.40. The molecule has 1 aliphatic rings. The largest absolute Gasteiger partial charge is 0.369 e. The number of H-pyrrole nitrogens is 1. The van der Waals surface area contributed by atoms with Gasteiger partial charge in [0.25, 0.3) is 5.56 Å². The number of hydrogen-bond acceptors (Lipinski definition) is 4. The van der Waals surface area contributed by atoms with E-state index in [-0.39, 0.29) is 5.56 Å². The predicted octanol–water partition coefficient (Wildman–Crippen LogP) is 5.24. The van der Waals surface area contributed by atoms with Crippen LogP contribution in [-0.4, -0.2) is 42.6 Å². The molecule has 5 nitrogen and oxygen atoms in total. The van der Waals surface area contributed by atoms with E-state index in [0.29, 0.717) is 12.6 Å². The zero-order chi connectivity index (χ0) is 24.8. The van der Waals surface area contributed by atoms with E-state index >= 15 is 0 Å². The topological polar surface area (TPSA) is 51.4 Å². The monoisotopic (exact) mass is 466 g/mol. The highest BCUT2D eigenvalue weighted by atomic mass is 16.1. The molecule has 0 amide bonds. The summed E-state index contributed by atoms with van der Waals surface area (Å²) in [6.07, 6.45) is 7.32. The Morgan fingerprint density at radius 3 is 2.24 bits per heavy atom. The molecule has 0 atom stereocenters. The SMILES string of the molecule is CCCc1cc(CNCc2c(C)cc(C)[nH]c2=O)c(C)c(N(CC)C2CCC(N(C)C)CC2)c1. The minimum atomic E-state index is 0.0210. The van der Waals surface area contributed by atoms with Crippen LogP contribution in [-0.2, 0) is 19.5 Å². The van der Waals surface area contributed by atoms with Gasteiger partial charge in [0.1, 0.15) is 0 Å². The van der Waals surface area contributed by atoms with Crippen LogP contribution in [0, 0.1) is 20.8 Å². The Morgan fingerprint density at radius 2 is 1.65 bits per heavy atom. The van der Waals surface area contributed by atoms with Gasteiger partial charge in [-0.15, -0.1) is 0 Å². The first-order valence-corrected chi connectivity index (χ1v) is 13.2. The molecule has 0 saturated heterocycles. The lowest BCUT2D eigenvalue weighted by Crippen LogP contribution is -2.42. The van der Waals surface area contributed by atoms with Crippen molar-refractivity contribution >= 4 is 5.69 Å². The maximum Gasteiger partial charge on any atom is 0.252 e. The van der Waals surface area contributed by atoms with Gasteiger partial charge >= 0.3 is 0 Å². The van der Waals surface area contributed by atoms with Gasteiger partial charge in [-0.1, -0.05) is 19.4 Å². The molecule has 0 spiro atoms. The number of rotatable bonds is 10. The van der Waals surface area contributed by atoms with Gasteiger partial charge in [0.05, 0.1) is 0 Å². The maximum absolute atomic E-state index is 12.4. The summed E-state index contributed by atoms with van der Waals surface area (Å²) < 4.78 is 0. The van der Waals surface area contributed by atoms with E-state index in [2.05, 4.69) is 67.1 Å². The first kappa shape index (κ1) is 26.5. The van der Waals surface area contributed by atoms with Gasteiger partial charge in [-0.2, -0.15) is 0 Å². The maximum atomic E-state index is 12.4. The van der Waals surface area contributed by atoms with E-state index in [1.54, 1.807) is 0 Å². The van der Waals surface area contributed by atoms with Crippen LogP contribution in [0.15, 0.2) is 23.0 Å². The number of benzene rings is 1.